The van der Waals surface area contributed by atoms with Gasteiger partial charge in [0.05, 0.1) is 0 Å². The quantitative estimate of drug-likeness (QED) is 0.582. The Morgan fingerprint density at radius 1 is 1.27 bits per heavy atom. The molecular formula is C10H18S. The van der Waals surface area contributed by atoms with Crippen LogP contribution in [0.5, 0.6) is 0 Å². The van der Waals surface area contributed by atoms with E-state index in [-0.39, 0.29) is 0 Å². The van der Waals surface area contributed by atoms with Gasteiger partial charge in [-0.25, -0.2) is 0 Å². The summed E-state index contributed by atoms with van der Waals surface area (Å²) in [7, 11) is 0. The molecule has 64 valence electrons. The summed E-state index contributed by atoms with van der Waals surface area (Å²) < 4.78 is 0. The van der Waals surface area contributed by atoms with Crippen LogP contribution in [0.25, 0.3) is 0 Å². The first-order valence-electron chi connectivity index (χ1n) is 4.98. The molecule has 2 fully saturated rings. The van der Waals surface area contributed by atoms with E-state index in [0.29, 0.717) is 0 Å². The van der Waals surface area contributed by atoms with Gasteiger partial charge in [0.25, 0.3) is 0 Å². The van der Waals surface area contributed by atoms with E-state index in [1.807, 2.05) is 0 Å². The molecule has 1 aliphatic carbocycles. The largest absolute Gasteiger partial charge is 0.155 e. The minimum absolute atomic E-state index is 0.965. The van der Waals surface area contributed by atoms with E-state index in [1.54, 1.807) is 0 Å². The van der Waals surface area contributed by atoms with Crippen molar-refractivity contribution in [1.29, 1.82) is 0 Å². The molecule has 11 heavy (non-hydrogen) atoms. The van der Waals surface area contributed by atoms with Gasteiger partial charge in [-0.3, -0.25) is 0 Å². The van der Waals surface area contributed by atoms with Crippen LogP contribution in [0.4, 0.5) is 0 Å². The lowest BCUT2D eigenvalue weighted by molar-refractivity contribution is 0.399. The van der Waals surface area contributed by atoms with E-state index >= 15 is 0 Å². The van der Waals surface area contributed by atoms with Crippen LogP contribution >= 0.6 is 11.8 Å². The summed E-state index contributed by atoms with van der Waals surface area (Å²) >= 11 is 2.26. The second-order valence-corrected chi connectivity index (χ2v) is 5.67. The molecule has 1 saturated heterocycles. The zero-order chi connectivity index (χ0) is 7.84. The molecule has 2 rings (SSSR count). The lowest BCUT2D eigenvalue weighted by atomic mass is 9.90. The minimum atomic E-state index is 0.965. The van der Waals surface area contributed by atoms with E-state index in [0.717, 1.165) is 22.3 Å². The van der Waals surface area contributed by atoms with Gasteiger partial charge in [-0.1, -0.05) is 20.3 Å². The maximum atomic E-state index is 2.43. The van der Waals surface area contributed by atoms with Crippen molar-refractivity contribution in [3.8, 4) is 0 Å². The van der Waals surface area contributed by atoms with E-state index in [4.69, 9.17) is 0 Å². The Hall–Kier alpha value is 0.350. The van der Waals surface area contributed by atoms with E-state index in [2.05, 4.69) is 25.6 Å². The molecule has 4 atom stereocenters. The van der Waals surface area contributed by atoms with Crippen molar-refractivity contribution in [1.82, 2.24) is 0 Å². The molecule has 1 aliphatic heterocycles. The molecule has 0 bridgehead atoms. The topological polar surface area (TPSA) is 0 Å². The summed E-state index contributed by atoms with van der Waals surface area (Å²) in [5.41, 5.74) is 0. The Morgan fingerprint density at radius 2 is 2.00 bits per heavy atom. The van der Waals surface area contributed by atoms with Crippen molar-refractivity contribution in [3.05, 3.63) is 0 Å². The fourth-order valence-corrected chi connectivity index (χ4v) is 4.76. The van der Waals surface area contributed by atoms with Crippen LogP contribution in [0.2, 0.25) is 0 Å². The third-order valence-corrected chi connectivity index (χ3v) is 5.31. The molecule has 2 aliphatic rings. The molecular weight excluding hydrogens is 152 g/mol. The predicted molar refractivity (Wildman–Crippen MR) is 52.0 cm³/mol. The standard InChI is InChI=1S/C10H18S/c1-3-10-9-6-4-5-8(9)7(2)11-10/h7-10H,3-6H2,1-2H3. The maximum absolute atomic E-state index is 2.43. The SMILES string of the molecule is CCC1SC(C)C2CCCC12. The van der Waals surface area contributed by atoms with Gasteiger partial charge in [0.1, 0.15) is 0 Å². The number of thioether (sulfide) groups is 1. The van der Waals surface area contributed by atoms with Crippen molar-refractivity contribution in [2.45, 2.75) is 50.0 Å². The normalized spacial score (nSPS) is 49.6. The molecule has 4 unspecified atom stereocenters. The highest BCUT2D eigenvalue weighted by Gasteiger charge is 2.42. The van der Waals surface area contributed by atoms with Gasteiger partial charge >= 0.3 is 0 Å². The molecule has 0 radical (unpaired) electrons. The molecule has 1 heteroatoms. The van der Waals surface area contributed by atoms with Crippen molar-refractivity contribution >= 4 is 11.8 Å². The molecule has 0 aromatic heterocycles. The van der Waals surface area contributed by atoms with Crippen LogP contribution in [0.15, 0.2) is 0 Å². The van der Waals surface area contributed by atoms with Gasteiger partial charge in [-0.15, -0.1) is 0 Å². The maximum Gasteiger partial charge on any atom is 0.00785 e. The predicted octanol–water partition coefficient (Wildman–Crippen LogP) is 3.32. The van der Waals surface area contributed by atoms with Gasteiger partial charge < -0.3 is 0 Å². The Labute approximate surface area is 74.1 Å². The zero-order valence-electron chi connectivity index (χ0n) is 7.55. The zero-order valence-corrected chi connectivity index (χ0v) is 8.36. The number of rotatable bonds is 1. The summed E-state index contributed by atoms with van der Waals surface area (Å²) in [6.07, 6.45) is 5.96. The van der Waals surface area contributed by atoms with E-state index in [1.165, 1.54) is 25.7 Å². The highest BCUT2D eigenvalue weighted by atomic mass is 32.2. The number of fused-ring (bicyclic) bond motifs is 1. The highest BCUT2D eigenvalue weighted by molar-refractivity contribution is 8.00. The Bertz CT molecular complexity index is 144. The monoisotopic (exact) mass is 170 g/mol. The van der Waals surface area contributed by atoms with Crippen molar-refractivity contribution in [2.75, 3.05) is 0 Å². The smallest absolute Gasteiger partial charge is 0.00785 e. The Kier molecular flexibility index (Phi) is 2.18. The van der Waals surface area contributed by atoms with E-state index < -0.39 is 0 Å². The van der Waals surface area contributed by atoms with Crippen molar-refractivity contribution < 1.29 is 0 Å². The van der Waals surface area contributed by atoms with Gasteiger partial charge in [0, 0.05) is 10.5 Å². The molecule has 1 saturated carbocycles. The van der Waals surface area contributed by atoms with Gasteiger partial charge in [0.15, 0.2) is 0 Å². The number of hydrogen-bond donors (Lipinski definition) is 0. The third-order valence-electron chi connectivity index (χ3n) is 3.50. The van der Waals surface area contributed by atoms with Crippen LogP contribution in [0.1, 0.15) is 39.5 Å². The van der Waals surface area contributed by atoms with E-state index in [9.17, 15) is 0 Å². The summed E-state index contributed by atoms with van der Waals surface area (Å²) in [4.78, 5) is 0. The average Bonchev–Trinajstić information content (AvgIpc) is 2.54. The average molecular weight is 170 g/mol. The third kappa shape index (κ3) is 1.22. The van der Waals surface area contributed by atoms with Gasteiger partial charge in [0.2, 0.25) is 0 Å². The number of hydrogen-bond acceptors (Lipinski definition) is 1. The Balaban J connectivity index is 2.07. The van der Waals surface area contributed by atoms with Crippen LogP contribution in [0.3, 0.4) is 0 Å². The second kappa shape index (κ2) is 3.01. The minimum Gasteiger partial charge on any atom is -0.155 e. The van der Waals surface area contributed by atoms with Crippen molar-refractivity contribution in [3.63, 3.8) is 0 Å². The van der Waals surface area contributed by atoms with Gasteiger partial charge in [-0.05, 0) is 31.1 Å². The molecule has 0 aromatic carbocycles. The fraction of sp³-hybridized carbons (Fsp3) is 1.00. The van der Waals surface area contributed by atoms with Crippen molar-refractivity contribution in [2.24, 2.45) is 11.8 Å². The van der Waals surface area contributed by atoms with Crippen LogP contribution < -0.4 is 0 Å². The molecule has 0 aromatic rings. The summed E-state index contributed by atoms with van der Waals surface area (Å²) in [6, 6.07) is 0. The van der Waals surface area contributed by atoms with Gasteiger partial charge in [-0.2, -0.15) is 11.8 Å². The lowest BCUT2D eigenvalue weighted by Crippen LogP contribution is -2.14. The molecule has 0 amide bonds. The Morgan fingerprint density at radius 3 is 2.73 bits per heavy atom. The molecule has 0 N–H and O–H groups in total. The molecule has 1 heterocycles. The first-order valence-corrected chi connectivity index (χ1v) is 5.92. The summed E-state index contributed by atoms with van der Waals surface area (Å²) in [6.45, 7) is 4.79. The summed E-state index contributed by atoms with van der Waals surface area (Å²) in [5.74, 6) is 2.19. The fourth-order valence-electron chi connectivity index (χ4n) is 2.94. The molecule has 0 spiro atoms. The van der Waals surface area contributed by atoms with Crippen LogP contribution in [-0.2, 0) is 0 Å². The first kappa shape index (κ1) is 7.97. The van der Waals surface area contributed by atoms with Crippen LogP contribution in [-0.4, -0.2) is 10.5 Å². The highest BCUT2D eigenvalue weighted by Crippen LogP contribution is 2.52. The summed E-state index contributed by atoms with van der Waals surface area (Å²) in [5, 5.41) is 1.98. The first-order chi connectivity index (χ1) is 5.33. The second-order valence-electron chi connectivity index (χ2n) is 4.05. The lowest BCUT2D eigenvalue weighted by Gasteiger charge is -2.14. The molecule has 0 nitrogen and oxygen atoms in total. The van der Waals surface area contributed by atoms with Crippen LogP contribution in [0, 0.1) is 11.8 Å².